The van der Waals surface area contributed by atoms with Gasteiger partial charge in [-0.2, -0.15) is 0 Å². The molecule has 2 heterocycles. The van der Waals surface area contributed by atoms with Gasteiger partial charge in [0.15, 0.2) is 5.69 Å². The van der Waals surface area contributed by atoms with Gasteiger partial charge in [0.05, 0.1) is 0 Å². The third-order valence-electron chi connectivity index (χ3n) is 2.73. The normalized spacial score (nSPS) is 10.1. The first-order valence-electron chi connectivity index (χ1n) is 6.35. The van der Waals surface area contributed by atoms with Crippen LogP contribution in [0.25, 0.3) is 0 Å². The van der Waals surface area contributed by atoms with Gasteiger partial charge in [0.1, 0.15) is 5.82 Å². The van der Waals surface area contributed by atoms with E-state index in [9.17, 15) is 4.79 Å². The second-order valence-electron chi connectivity index (χ2n) is 4.54. The van der Waals surface area contributed by atoms with E-state index in [0.29, 0.717) is 11.5 Å². The molecule has 2 aromatic rings. The number of nitrogens with one attached hydrogen (secondary N) is 1. The summed E-state index contributed by atoms with van der Waals surface area (Å²) in [7, 11) is 3.37. The van der Waals surface area contributed by atoms with Gasteiger partial charge in [0.2, 0.25) is 0 Å². The maximum Gasteiger partial charge on any atom is 0.273 e. The van der Waals surface area contributed by atoms with E-state index in [-0.39, 0.29) is 5.91 Å². The van der Waals surface area contributed by atoms with Crippen LogP contribution in [-0.4, -0.2) is 46.6 Å². The van der Waals surface area contributed by atoms with Gasteiger partial charge in [0.25, 0.3) is 5.91 Å². The van der Waals surface area contributed by atoms with Crippen molar-refractivity contribution in [1.82, 2.24) is 20.1 Å². The standard InChI is InChI=1S/C14H17N5O/c1-19(2)14(20)12-5-6-13(18-17-12)16-9-7-11-4-3-8-15-10-11/h3-6,8,10H,7,9H2,1-2H3,(H,16,18). The number of hydrogen-bond acceptors (Lipinski definition) is 5. The molecule has 6 heteroatoms. The second kappa shape index (κ2) is 6.60. The van der Waals surface area contributed by atoms with Crippen LogP contribution >= 0.6 is 0 Å². The van der Waals surface area contributed by atoms with E-state index in [1.807, 2.05) is 18.3 Å². The summed E-state index contributed by atoms with van der Waals surface area (Å²) >= 11 is 0. The van der Waals surface area contributed by atoms with Crippen molar-refractivity contribution in [2.45, 2.75) is 6.42 Å². The van der Waals surface area contributed by atoms with Gasteiger partial charge in [-0.3, -0.25) is 9.78 Å². The van der Waals surface area contributed by atoms with Crippen LogP contribution in [-0.2, 0) is 6.42 Å². The van der Waals surface area contributed by atoms with Gasteiger partial charge in [-0.05, 0) is 30.2 Å². The molecule has 0 bridgehead atoms. The fraction of sp³-hybridized carbons (Fsp3) is 0.286. The molecule has 0 aliphatic rings. The molecule has 0 aromatic carbocycles. The highest BCUT2D eigenvalue weighted by molar-refractivity contribution is 5.91. The molecule has 0 spiro atoms. The molecule has 1 amide bonds. The Morgan fingerprint density at radius 2 is 2.10 bits per heavy atom. The van der Waals surface area contributed by atoms with Crippen molar-refractivity contribution >= 4 is 11.7 Å². The lowest BCUT2D eigenvalue weighted by Crippen LogP contribution is -2.23. The minimum Gasteiger partial charge on any atom is -0.368 e. The molecule has 0 aliphatic carbocycles. The van der Waals surface area contributed by atoms with E-state index < -0.39 is 0 Å². The highest BCUT2D eigenvalue weighted by Gasteiger charge is 2.09. The quantitative estimate of drug-likeness (QED) is 0.885. The predicted molar refractivity (Wildman–Crippen MR) is 76.5 cm³/mol. The molecule has 104 valence electrons. The molecule has 2 aromatic heterocycles. The van der Waals surface area contributed by atoms with Crippen molar-refractivity contribution in [3.8, 4) is 0 Å². The Morgan fingerprint density at radius 1 is 1.25 bits per heavy atom. The summed E-state index contributed by atoms with van der Waals surface area (Å²) < 4.78 is 0. The molecule has 0 atom stereocenters. The molecule has 20 heavy (non-hydrogen) atoms. The van der Waals surface area contributed by atoms with E-state index in [4.69, 9.17) is 0 Å². The average molecular weight is 271 g/mol. The van der Waals surface area contributed by atoms with Gasteiger partial charge in [-0.15, -0.1) is 10.2 Å². The van der Waals surface area contributed by atoms with Crippen molar-refractivity contribution in [2.24, 2.45) is 0 Å². The first-order chi connectivity index (χ1) is 9.66. The number of amides is 1. The van der Waals surface area contributed by atoms with Gasteiger partial charge >= 0.3 is 0 Å². The van der Waals surface area contributed by atoms with E-state index in [1.54, 1.807) is 32.4 Å². The molecule has 0 saturated heterocycles. The third kappa shape index (κ3) is 3.74. The van der Waals surface area contributed by atoms with Gasteiger partial charge in [0, 0.05) is 33.0 Å². The Bertz CT molecular complexity index is 554. The van der Waals surface area contributed by atoms with Gasteiger partial charge < -0.3 is 10.2 Å². The van der Waals surface area contributed by atoms with E-state index in [2.05, 4.69) is 20.5 Å². The Kier molecular flexibility index (Phi) is 4.60. The average Bonchev–Trinajstić information content (AvgIpc) is 2.48. The summed E-state index contributed by atoms with van der Waals surface area (Å²) in [6.45, 7) is 0.737. The lowest BCUT2D eigenvalue weighted by molar-refractivity contribution is 0.0821. The van der Waals surface area contributed by atoms with E-state index >= 15 is 0 Å². The number of aromatic nitrogens is 3. The highest BCUT2D eigenvalue weighted by Crippen LogP contribution is 2.04. The molecular formula is C14H17N5O. The monoisotopic (exact) mass is 271 g/mol. The minimum absolute atomic E-state index is 0.153. The topological polar surface area (TPSA) is 71.0 Å². The number of rotatable bonds is 5. The van der Waals surface area contributed by atoms with Crippen LogP contribution in [0.3, 0.4) is 0 Å². The molecule has 0 unspecified atom stereocenters. The number of carbonyl (C=O) groups is 1. The van der Waals surface area contributed by atoms with Crippen molar-refractivity contribution in [3.05, 3.63) is 47.9 Å². The summed E-state index contributed by atoms with van der Waals surface area (Å²) in [4.78, 5) is 17.2. The number of anilines is 1. The molecule has 0 fully saturated rings. The van der Waals surface area contributed by atoms with E-state index in [0.717, 1.165) is 18.5 Å². The third-order valence-corrected chi connectivity index (χ3v) is 2.73. The molecule has 1 N–H and O–H groups in total. The van der Waals surface area contributed by atoms with Crippen LogP contribution in [0.5, 0.6) is 0 Å². The van der Waals surface area contributed by atoms with Gasteiger partial charge in [-0.25, -0.2) is 0 Å². The fourth-order valence-corrected chi connectivity index (χ4v) is 1.65. The minimum atomic E-state index is -0.153. The SMILES string of the molecule is CN(C)C(=O)c1ccc(NCCc2cccnc2)nn1. The molecule has 0 radical (unpaired) electrons. The maximum atomic E-state index is 11.7. The van der Waals surface area contributed by atoms with Crippen molar-refractivity contribution < 1.29 is 4.79 Å². The van der Waals surface area contributed by atoms with Crippen LogP contribution in [0, 0.1) is 0 Å². The first kappa shape index (κ1) is 13.9. The van der Waals surface area contributed by atoms with Crippen LogP contribution in [0.15, 0.2) is 36.7 Å². The van der Waals surface area contributed by atoms with Crippen LogP contribution < -0.4 is 5.32 Å². The molecule has 0 aliphatic heterocycles. The van der Waals surface area contributed by atoms with Crippen molar-refractivity contribution in [1.29, 1.82) is 0 Å². The summed E-state index contributed by atoms with van der Waals surface area (Å²) in [5.74, 6) is 0.503. The smallest absolute Gasteiger partial charge is 0.273 e. The zero-order chi connectivity index (χ0) is 14.4. The summed E-state index contributed by atoms with van der Waals surface area (Å²) in [5.41, 5.74) is 1.50. The number of carbonyl (C=O) groups excluding carboxylic acids is 1. The zero-order valence-corrected chi connectivity index (χ0v) is 11.6. The lowest BCUT2D eigenvalue weighted by atomic mass is 10.2. The highest BCUT2D eigenvalue weighted by atomic mass is 16.2. The van der Waals surface area contributed by atoms with Crippen molar-refractivity contribution in [2.75, 3.05) is 26.0 Å². The largest absolute Gasteiger partial charge is 0.368 e. The van der Waals surface area contributed by atoms with Gasteiger partial charge in [-0.1, -0.05) is 6.07 Å². The maximum absolute atomic E-state index is 11.7. The molecular weight excluding hydrogens is 254 g/mol. The predicted octanol–water partition coefficient (Wildman–Crippen LogP) is 1.23. The molecule has 6 nitrogen and oxygen atoms in total. The van der Waals surface area contributed by atoms with Crippen LogP contribution in [0.1, 0.15) is 16.1 Å². The van der Waals surface area contributed by atoms with Crippen LogP contribution in [0.4, 0.5) is 5.82 Å². The fourth-order valence-electron chi connectivity index (χ4n) is 1.65. The van der Waals surface area contributed by atoms with Crippen molar-refractivity contribution in [3.63, 3.8) is 0 Å². The summed E-state index contributed by atoms with van der Waals surface area (Å²) in [5, 5.41) is 11.1. The Labute approximate surface area is 117 Å². The van der Waals surface area contributed by atoms with E-state index in [1.165, 1.54) is 4.90 Å². The summed E-state index contributed by atoms with van der Waals surface area (Å²) in [6.07, 6.45) is 4.45. The lowest BCUT2D eigenvalue weighted by Gasteiger charge is -2.09. The molecule has 0 saturated carbocycles. The first-order valence-corrected chi connectivity index (χ1v) is 6.35. The number of hydrogen-bond donors (Lipinski definition) is 1. The Balaban J connectivity index is 1.87. The number of nitrogens with zero attached hydrogens (tertiary/aromatic N) is 4. The zero-order valence-electron chi connectivity index (χ0n) is 11.6. The molecule has 2 rings (SSSR count). The Hall–Kier alpha value is -2.50. The second-order valence-corrected chi connectivity index (χ2v) is 4.54. The van der Waals surface area contributed by atoms with Crippen LogP contribution in [0.2, 0.25) is 0 Å². The Morgan fingerprint density at radius 3 is 2.70 bits per heavy atom. The summed E-state index contributed by atoms with van der Waals surface area (Å²) in [6, 6.07) is 7.37. The number of pyridine rings is 1.